The first-order chi connectivity index (χ1) is 54.2. The van der Waals surface area contributed by atoms with Gasteiger partial charge in [-0.2, -0.15) is 4.72 Å². The molecule has 10 rings (SSSR count). The van der Waals surface area contributed by atoms with Gasteiger partial charge in [-0.3, -0.25) is 38.4 Å². The monoisotopic (exact) mass is 1580 g/mol. The Morgan fingerprint density at radius 3 is 1.50 bits per heavy atom. The molecule has 1 saturated carbocycles. The number of aliphatic carboxylic acids is 1. The smallest absolute Gasteiger partial charge is 0.326 e. The number of ether oxygens (including phenoxy) is 2. The lowest BCUT2D eigenvalue weighted by Gasteiger charge is -2.36. The molecule has 29 heteroatoms. The van der Waals surface area contributed by atoms with Gasteiger partial charge in [-0.05, 0) is 138 Å². The number of nitrogens with zero attached hydrogens (tertiary/aromatic N) is 5. The molecule has 1 aromatic heterocycles. The van der Waals surface area contributed by atoms with Crippen molar-refractivity contribution < 1.29 is 66.1 Å². The maximum Gasteiger partial charge on any atom is 0.326 e. The van der Waals surface area contributed by atoms with Crippen molar-refractivity contribution in [1.82, 2.24) is 72.1 Å². The minimum absolute atomic E-state index is 0.0168. The lowest BCUT2D eigenvalue weighted by atomic mass is 9.85. The molecule has 2 saturated heterocycles. The molecule has 608 valence electrons. The molecule has 8 amide bonds. The van der Waals surface area contributed by atoms with Crippen LogP contribution in [0.25, 0.3) is 21.5 Å². The van der Waals surface area contributed by atoms with Crippen LogP contribution in [0.15, 0.2) is 165 Å². The van der Waals surface area contributed by atoms with Crippen molar-refractivity contribution in [3.05, 3.63) is 193 Å². The van der Waals surface area contributed by atoms with Crippen LogP contribution in [0.2, 0.25) is 0 Å². The zero-order chi connectivity index (χ0) is 82.3. The summed E-state index contributed by atoms with van der Waals surface area (Å²) >= 11 is 0. The van der Waals surface area contributed by atoms with Crippen LogP contribution >= 0.6 is 0 Å². The fourth-order valence-corrected chi connectivity index (χ4v) is 15.7. The lowest BCUT2D eigenvalue weighted by molar-refractivity contribution is -0.145. The molecule has 3 fully saturated rings. The third-order valence-corrected chi connectivity index (χ3v) is 23.1. The second-order valence-corrected chi connectivity index (χ2v) is 34.1. The third-order valence-electron chi connectivity index (χ3n) is 21.2. The van der Waals surface area contributed by atoms with Crippen molar-refractivity contribution in [3.8, 4) is 11.5 Å². The number of likely N-dealkylation sites (N-methyl/N-ethyl adjacent to an activating group) is 2. The van der Waals surface area contributed by atoms with Crippen LogP contribution in [0.3, 0.4) is 0 Å². The largest absolute Gasteiger partial charge is 0.490 e. The number of nitrogens with one attached hydrogen (secondary N) is 9. The molecular formula is C85H108N14O14S. The van der Waals surface area contributed by atoms with Crippen LogP contribution in [-0.2, 0) is 85.5 Å². The maximum atomic E-state index is 15.3. The van der Waals surface area contributed by atoms with Gasteiger partial charge in [0.25, 0.3) is 0 Å². The predicted molar refractivity (Wildman–Crippen MR) is 433 cm³/mol. The third kappa shape index (κ3) is 22.5. The number of allylic oxidation sites excluding steroid dienone is 1. The van der Waals surface area contributed by atoms with E-state index in [9.17, 15) is 42.3 Å². The topological polar surface area (TPSA) is 372 Å². The SMILES string of the molecule is C=CCOc1ccc(C[C@H](NC(=O)[C@H](Cc2ccc3ccccc3c2)NC(=O)[C@@H]2C[C@H](n3cc(COc4ccc(C[C@H](NC(=O)[C@H](Cc5ccc6ccccc6c5)NC(=O)[C@@H]5C[C@H](CC=C)CN5C(=O)[C@@H](NC(=O)[C@H](C)NC)C(C)(C)C)NS(=O)(=O)C5CC5)cc4)nn3)CN2C(=O)[C@@H](NC(=O)[C@H](C)NC)C(C)(C)C)C(=O)O)cc1. The van der Waals surface area contributed by atoms with E-state index in [2.05, 4.69) is 70.7 Å². The van der Waals surface area contributed by atoms with Gasteiger partial charge in [-0.1, -0.05) is 175 Å². The minimum Gasteiger partial charge on any atom is -0.490 e. The Labute approximate surface area is 666 Å². The summed E-state index contributed by atoms with van der Waals surface area (Å²) in [4.78, 5) is 133. The van der Waals surface area contributed by atoms with Crippen molar-refractivity contribution >= 4 is 84.8 Å². The number of sulfonamides is 1. The highest BCUT2D eigenvalue weighted by molar-refractivity contribution is 7.90. The Kier molecular flexibility index (Phi) is 28.4. The highest BCUT2D eigenvalue weighted by Gasteiger charge is 2.49. The quantitative estimate of drug-likeness (QED) is 0.0151. The first-order valence-corrected chi connectivity index (χ1v) is 40.3. The van der Waals surface area contributed by atoms with E-state index in [4.69, 9.17) is 9.47 Å². The molecule has 3 heterocycles. The van der Waals surface area contributed by atoms with Crippen molar-refractivity contribution in [1.29, 1.82) is 0 Å². The fourth-order valence-electron chi connectivity index (χ4n) is 14.2. The van der Waals surface area contributed by atoms with Crippen LogP contribution in [0.5, 0.6) is 11.5 Å². The molecule has 7 aromatic rings. The zero-order valence-electron chi connectivity index (χ0n) is 66.4. The molecule has 3 aliphatic rings. The number of hydrogen-bond donors (Lipinski definition) is 10. The van der Waals surface area contributed by atoms with Crippen molar-refractivity contribution in [2.24, 2.45) is 16.7 Å². The molecule has 0 radical (unpaired) electrons. The van der Waals surface area contributed by atoms with Crippen LogP contribution < -0.4 is 56.7 Å². The van der Waals surface area contributed by atoms with Gasteiger partial charge in [0, 0.05) is 45.2 Å². The first kappa shape index (κ1) is 85.5. The number of amides is 8. The lowest BCUT2D eigenvalue weighted by Crippen LogP contribution is -2.61. The van der Waals surface area contributed by atoms with Gasteiger partial charge >= 0.3 is 5.97 Å². The average Bonchev–Trinajstić information content (AvgIpc) is 1.61. The van der Waals surface area contributed by atoms with Crippen LogP contribution in [0, 0.1) is 16.7 Å². The predicted octanol–water partition coefficient (Wildman–Crippen LogP) is 6.27. The highest BCUT2D eigenvalue weighted by Crippen LogP contribution is 2.35. The summed E-state index contributed by atoms with van der Waals surface area (Å²) in [6.07, 6.45) is 5.04. The number of rotatable bonds is 37. The normalized spacial score (nSPS) is 18.5. The molecule has 114 heavy (non-hydrogen) atoms. The van der Waals surface area contributed by atoms with E-state index in [1.54, 1.807) is 116 Å². The summed E-state index contributed by atoms with van der Waals surface area (Å²) in [7, 11) is -0.707. The molecule has 28 nitrogen and oxygen atoms in total. The number of carbonyl (C=O) groups excluding carboxylic acids is 8. The molecule has 2 aliphatic heterocycles. The van der Waals surface area contributed by atoms with E-state index in [-0.39, 0.29) is 70.7 Å². The summed E-state index contributed by atoms with van der Waals surface area (Å²) in [6, 6.07) is 29.6. The van der Waals surface area contributed by atoms with Crippen LogP contribution in [0.1, 0.15) is 121 Å². The molecule has 12 atom stereocenters. The van der Waals surface area contributed by atoms with E-state index in [0.717, 1.165) is 21.5 Å². The van der Waals surface area contributed by atoms with Gasteiger partial charge in [-0.15, -0.1) is 11.7 Å². The van der Waals surface area contributed by atoms with Crippen molar-refractivity contribution in [2.45, 2.75) is 192 Å². The number of likely N-dealkylation sites (tertiary alicyclic amines) is 2. The Morgan fingerprint density at radius 2 is 1.02 bits per heavy atom. The number of carboxylic acid groups (broad SMARTS) is 1. The standard InChI is InChI=1S/C85H108N14O14S/c1-13-19-57-44-70(97(47-57)81(106)73(84(5,6)7)92-75(100)51(3)86-11)79(104)89-68(43-56-25-31-59-21-16-18-23-61(59)40-56)78(103)91-72(95-114(110,111)66-36-37-66)45-54-28-34-65(35-29-54)113-50-62-48-99(96-94-62)63-46-71(98(49-63)82(107)74(85(8,9)10)93-76(101)52(4)87-12)80(105)88-67(42-55-24-30-58-20-15-17-22-60(58)39-55)77(102)90-69(83(108)109)41-53-26-32-64(33-27-53)112-38-14-2/h13-18,20-35,39-40,48,51-52,57,63,66-74,86-87,95H,1-2,19,36-38,41-47,49-50H2,3-12H3,(H,88,105)(H,89,104)(H,90,102)(H,91,103)(H,92,100)(H,93,101)(H,108,109)/t51-,52-,57-,63-,67-,68-,69-,70-,71-,72+,73+,74+/m0/s1. The Morgan fingerprint density at radius 1 is 0.553 bits per heavy atom. The summed E-state index contributed by atoms with van der Waals surface area (Å²) in [6.45, 7) is 22.0. The van der Waals surface area contributed by atoms with E-state index in [0.29, 0.717) is 58.7 Å². The summed E-state index contributed by atoms with van der Waals surface area (Å²) in [5.74, 6) is -5.26. The summed E-state index contributed by atoms with van der Waals surface area (Å²) < 4.78 is 43.8. The minimum atomic E-state index is -3.96. The molecule has 0 unspecified atom stereocenters. The maximum absolute atomic E-state index is 15.3. The molecule has 1 aliphatic carbocycles. The molecule has 0 spiro atoms. The highest BCUT2D eigenvalue weighted by atomic mass is 32.2. The van der Waals surface area contributed by atoms with Gasteiger partial charge in [0.05, 0.1) is 35.7 Å². The Hall–Kier alpha value is -10.9. The van der Waals surface area contributed by atoms with E-state index in [1.165, 1.54) is 14.5 Å². The van der Waals surface area contributed by atoms with Gasteiger partial charge in [0.1, 0.15) is 72.7 Å². The van der Waals surface area contributed by atoms with E-state index < -0.39 is 146 Å². The van der Waals surface area contributed by atoms with Crippen LogP contribution in [0.4, 0.5) is 0 Å². The number of carboxylic acids is 1. The number of aromatic nitrogens is 3. The molecule has 0 bridgehead atoms. The van der Waals surface area contributed by atoms with Gasteiger partial charge < -0.3 is 66.9 Å². The summed E-state index contributed by atoms with van der Waals surface area (Å²) in [5, 5.41) is 45.5. The number of hydrogen-bond acceptors (Lipinski definition) is 17. The van der Waals surface area contributed by atoms with Gasteiger partial charge in [-0.25, -0.2) is 17.9 Å². The van der Waals surface area contributed by atoms with Gasteiger partial charge in [0.2, 0.25) is 57.3 Å². The average molecular weight is 1580 g/mol. The fraction of sp³-hybridized carbons (Fsp3) is 0.447. The zero-order valence-corrected chi connectivity index (χ0v) is 67.3. The molecular weight excluding hydrogens is 1470 g/mol. The summed E-state index contributed by atoms with van der Waals surface area (Å²) in [5.41, 5.74) is 1.22. The van der Waals surface area contributed by atoms with E-state index in [1.807, 2.05) is 106 Å². The second-order valence-electron chi connectivity index (χ2n) is 32.2. The Bertz CT molecular complexity index is 4750. The Balaban J connectivity index is 0.867. The first-order valence-electron chi connectivity index (χ1n) is 38.8. The van der Waals surface area contributed by atoms with Crippen molar-refractivity contribution in [3.63, 3.8) is 0 Å². The number of fused-ring (bicyclic) bond motifs is 2. The molecule has 10 N–H and O–H groups in total. The van der Waals surface area contributed by atoms with Crippen LogP contribution in [-0.4, -0.2) is 191 Å². The number of carbonyl (C=O) groups is 9. The number of benzene rings is 6. The second kappa shape index (κ2) is 37.8. The van der Waals surface area contributed by atoms with Gasteiger partial charge in [0.15, 0.2) is 0 Å². The van der Waals surface area contributed by atoms with E-state index >= 15 is 14.4 Å². The van der Waals surface area contributed by atoms with Crippen molar-refractivity contribution in [2.75, 3.05) is 33.8 Å². The molecule has 6 aromatic carbocycles.